The predicted octanol–water partition coefficient (Wildman–Crippen LogP) is 2.04. The predicted molar refractivity (Wildman–Crippen MR) is 64.1 cm³/mol. The molecule has 0 amide bonds. The Kier molecular flexibility index (Phi) is 1.89. The summed E-state index contributed by atoms with van der Waals surface area (Å²) in [4.78, 5) is 0. The number of aromatic nitrogens is 2. The fraction of sp³-hybridized carbons (Fsp3) is 0.462. The molecule has 0 saturated carbocycles. The first-order valence-electron chi connectivity index (χ1n) is 5.79. The van der Waals surface area contributed by atoms with Gasteiger partial charge in [-0.15, -0.1) is 0 Å². The molecule has 1 aromatic rings. The van der Waals surface area contributed by atoms with Gasteiger partial charge in [0.1, 0.15) is 0 Å². The summed E-state index contributed by atoms with van der Waals surface area (Å²) >= 11 is 0. The molecule has 3 rings (SSSR count). The molecule has 0 saturated heterocycles. The first-order chi connectivity index (χ1) is 7.64. The highest BCUT2D eigenvalue weighted by atomic mass is 15.1. The molecule has 1 heterocycles. The largest absolute Gasteiger partial charge is 0.321 e. The molecule has 0 radical (unpaired) electrons. The van der Waals surface area contributed by atoms with Crippen LogP contribution >= 0.6 is 0 Å². The lowest BCUT2D eigenvalue weighted by Crippen LogP contribution is -2.50. The molecule has 3 N–H and O–H groups in total. The van der Waals surface area contributed by atoms with E-state index in [1.54, 1.807) is 0 Å². The van der Waals surface area contributed by atoms with E-state index >= 15 is 0 Å². The molecule has 84 valence electrons. The Bertz CT molecular complexity index is 495. The zero-order valence-corrected chi connectivity index (χ0v) is 9.75. The smallest absolute Gasteiger partial charge is 0.0531 e. The lowest BCUT2D eigenvalue weighted by Gasteiger charge is -2.43. The summed E-state index contributed by atoms with van der Waals surface area (Å²) in [7, 11) is 0. The van der Waals surface area contributed by atoms with E-state index in [-0.39, 0.29) is 5.54 Å². The van der Waals surface area contributed by atoms with Crippen LogP contribution in [-0.2, 0) is 6.42 Å². The molecule has 1 aromatic heterocycles. The van der Waals surface area contributed by atoms with Gasteiger partial charge in [0.05, 0.1) is 6.20 Å². The van der Waals surface area contributed by atoms with E-state index in [9.17, 15) is 0 Å². The molecule has 0 spiro atoms. The molecule has 2 aliphatic rings. The SMILES string of the molecule is CC=C1[C@@H]2C=C(C)C[C@@]1(N)Cc1[nH]ncc12. The van der Waals surface area contributed by atoms with Crippen molar-refractivity contribution in [2.24, 2.45) is 5.73 Å². The lowest BCUT2D eigenvalue weighted by atomic mass is 9.64. The Morgan fingerprint density at radius 1 is 1.56 bits per heavy atom. The van der Waals surface area contributed by atoms with E-state index in [0.717, 1.165) is 12.8 Å². The number of hydrogen-bond donors (Lipinski definition) is 2. The third-order valence-corrected chi connectivity index (χ3v) is 3.85. The van der Waals surface area contributed by atoms with Crippen molar-refractivity contribution in [1.82, 2.24) is 10.2 Å². The van der Waals surface area contributed by atoms with Crippen LogP contribution in [0.3, 0.4) is 0 Å². The summed E-state index contributed by atoms with van der Waals surface area (Å²) in [5.41, 5.74) is 11.6. The van der Waals surface area contributed by atoms with Crippen molar-refractivity contribution in [2.75, 3.05) is 0 Å². The quantitative estimate of drug-likeness (QED) is 0.651. The van der Waals surface area contributed by atoms with Crippen LogP contribution in [0.5, 0.6) is 0 Å². The lowest BCUT2D eigenvalue weighted by molar-refractivity contribution is 0.428. The van der Waals surface area contributed by atoms with E-state index in [2.05, 4.69) is 36.2 Å². The fourth-order valence-electron chi connectivity index (χ4n) is 3.28. The van der Waals surface area contributed by atoms with Gasteiger partial charge in [0.15, 0.2) is 0 Å². The van der Waals surface area contributed by atoms with Gasteiger partial charge in [-0.2, -0.15) is 5.10 Å². The van der Waals surface area contributed by atoms with Crippen LogP contribution in [0, 0.1) is 0 Å². The molecule has 0 aliphatic heterocycles. The first-order valence-corrected chi connectivity index (χ1v) is 5.79. The number of H-pyrrole nitrogens is 1. The number of nitrogens with one attached hydrogen (secondary N) is 1. The van der Waals surface area contributed by atoms with E-state index in [1.807, 2.05) is 6.20 Å². The van der Waals surface area contributed by atoms with Crippen molar-refractivity contribution in [3.8, 4) is 0 Å². The number of nitrogens with two attached hydrogens (primary N) is 1. The number of nitrogens with zero attached hydrogens (tertiary/aromatic N) is 1. The van der Waals surface area contributed by atoms with Gasteiger partial charge in [0.25, 0.3) is 0 Å². The fourth-order valence-corrected chi connectivity index (χ4v) is 3.28. The number of hydrogen-bond acceptors (Lipinski definition) is 2. The molecule has 3 nitrogen and oxygen atoms in total. The molecule has 2 aliphatic carbocycles. The van der Waals surface area contributed by atoms with Gasteiger partial charge in [-0.3, -0.25) is 5.10 Å². The summed E-state index contributed by atoms with van der Waals surface area (Å²) in [5, 5.41) is 7.24. The average Bonchev–Trinajstić information content (AvgIpc) is 2.63. The third kappa shape index (κ3) is 1.15. The van der Waals surface area contributed by atoms with Crippen LogP contribution in [-0.4, -0.2) is 15.7 Å². The van der Waals surface area contributed by atoms with Crippen LogP contribution in [0.2, 0.25) is 0 Å². The summed E-state index contributed by atoms with van der Waals surface area (Å²) < 4.78 is 0. The number of fused-ring (bicyclic) bond motifs is 4. The minimum atomic E-state index is -0.197. The van der Waals surface area contributed by atoms with Crippen molar-refractivity contribution >= 4 is 0 Å². The standard InChI is InChI=1S/C13H17N3/c1-3-11-9-4-8(2)5-13(11,14)6-12-10(9)7-15-16-12/h3-4,7,9H,5-6,14H2,1-2H3,(H,15,16)/t9-,13-/m1/s1. The Balaban J connectivity index is 2.24. The Labute approximate surface area is 95.4 Å². The maximum atomic E-state index is 6.56. The van der Waals surface area contributed by atoms with Crippen molar-refractivity contribution in [2.45, 2.75) is 38.1 Å². The normalized spacial score (nSPS) is 34.8. The molecule has 0 fully saturated rings. The molecule has 16 heavy (non-hydrogen) atoms. The number of rotatable bonds is 0. The molecular formula is C13H17N3. The third-order valence-electron chi connectivity index (χ3n) is 3.85. The molecule has 0 unspecified atom stereocenters. The topological polar surface area (TPSA) is 54.7 Å². The maximum Gasteiger partial charge on any atom is 0.0531 e. The van der Waals surface area contributed by atoms with Gasteiger partial charge < -0.3 is 5.73 Å². The molecule has 0 aromatic carbocycles. The van der Waals surface area contributed by atoms with Crippen molar-refractivity contribution in [3.05, 3.63) is 40.8 Å². The number of aromatic amines is 1. The highest BCUT2D eigenvalue weighted by Crippen LogP contribution is 2.47. The zero-order valence-electron chi connectivity index (χ0n) is 9.75. The molecule has 3 heteroatoms. The highest BCUT2D eigenvalue weighted by molar-refractivity contribution is 5.50. The summed E-state index contributed by atoms with van der Waals surface area (Å²) in [6.07, 6.45) is 8.29. The average molecular weight is 215 g/mol. The maximum absolute atomic E-state index is 6.56. The Morgan fingerprint density at radius 2 is 2.38 bits per heavy atom. The van der Waals surface area contributed by atoms with E-state index in [4.69, 9.17) is 5.73 Å². The molecule has 2 bridgehead atoms. The Morgan fingerprint density at radius 3 is 3.12 bits per heavy atom. The summed E-state index contributed by atoms with van der Waals surface area (Å²) in [6.45, 7) is 4.26. The van der Waals surface area contributed by atoms with Crippen LogP contribution < -0.4 is 5.73 Å². The minimum absolute atomic E-state index is 0.197. The van der Waals surface area contributed by atoms with Gasteiger partial charge >= 0.3 is 0 Å². The number of allylic oxidation sites excluding steroid dienone is 2. The summed E-state index contributed by atoms with van der Waals surface area (Å²) in [5.74, 6) is 0.339. The van der Waals surface area contributed by atoms with Gasteiger partial charge in [-0.1, -0.05) is 17.7 Å². The van der Waals surface area contributed by atoms with Crippen LogP contribution in [0.1, 0.15) is 37.4 Å². The van der Waals surface area contributed by atoms with Gasteiger partial charge in [-0.25, -0.2) is 0 Å². The summed E-state index contributed by atoms with van der Waals surface area (Å²) in [6, 6.07) is 0. The second-order valence-corrected chi connectivity index (χ2v) is 5.05. The molecule has 2 atom stereocenters. The monoisotopic (exact) mass is 215 g/mol. The zero-order chi connectivity index (χ0) is 11.3. The van der Waals surface area contributed by atoms with Crippen molar-refractivity contribution in [3.63, 3.8) is 0 Å². The van der Waals surface area contributed by atoms with Crippen molar-refractivity contribution in [1.29, 1.82) is 0 Å². The van der Waals surface area contributed by atoms with Gasteiger partial charge in [-0.05, 0) is 25.8 Å². The van der Waals surface area contributed by atoms with E-state index < -0.39 is 0 Å². The van der Waals surface area contributed by atoms with Crippen LogP contribution in [0.25, 0.3) is 0 Å². The van der Waals surface area contributed by atoms with E-state index in [0.29, 0.717) is 5.92 Å². The van der Waals surface area contributed by atoms with Crippen LogP contribution in [0.4, 0.5) is 0 Å². The first kappa shape index (κ1) is 9.85. The van der Waals surface area contributed by atoms with E-state index in [1.165, 1.54) is 22.4 Å². The molecular weight excluding hydrogens is 198 g/mol. The highest BCUT2D eigenvalue weighted by Gasteiger charge is 2.43. The second-order valence-electron chi connectivity index (χ2n) is 5.05. The van der Waals surface area contributed by atoms with Gasteiger partial charge in [0, 0.05) is 29.1 Å². The van der Waals surface area contributed by atoms with Crippen molar-refractivity contribution < 1.29 is 0 Å². The Hall–Kier alpha value is -1.35. The van der Waals surface area contributed by atoms with Crippen LogP contribution in [0.15, 0.2) is 29.5 Å². The minimum Gasteiger partial charge on any atom is -0.321 e. The second kappa shape index (κ2) is 3.08. The van der Waals surface area contributed by atoms with Gasteiger partial charge in [0.2, 0.25) is 0 Å².